The van der Waals surface area contributed by atoms with Gasteiger partial charge in [-0.2, -0.15) is 0 Å². The van der Waals surface area contributed by atoms with Crippen molar-refractivity contribution in [1.29, 1.82) is 0 Å². The summed E-state index contributed by atoms with van der Waals surface area (Å²) in [5.41, 5.74) is 13.1. The van der Waals surface area contributed by atoms with Gasteiger partial charge >= 0.3 is 0 Å². The van der Waals surface area contributed by atoms with E-state index in [9.17, 15) is 0 Å². The number of benzene rings is 2. The van der Waals surface area contributed by atoms with Crippen LogP contribution in [-0.2, 0) is 30.2 Å². The summed E-state index contributed by atoms with van der Waals surface area (Å²) >= 11 is 6.25. The van der Waals surface area contributed by atoms with Crippen LogP contribution in [0.15, 0.2) is 67.1 Å². The fourth-order valence-corrected chi connectivity index (χ4v) is 6.53. The minimum absolute atomic E-state index is 0.187. The summed E-state index contributed by atoms with van der Waals surface area (Å²) in [6, 6.07) is 17.7. The molecule has 2 aliphatic carbocycles. The molecule has 184 valence electrons. The molecule has 0 saturated carbocycles. The van der Waals surface area contributed by atoms with Crippen LogP contribution in [0.25, 0.3) is 22.4 Å². The number of halogens is 1. The molecule has 2 heterocycles. The number of aryl methyl sites for hydroxylation is 1. The van der Waals surface area contributed by atoms with Gasteiger partial charge in [0.05, 0.1) is 5.69 Å². The summed E-state index contributed by atoms with van der Waals surface area (Å²) in [7, 11) is 0. The molecule has 0 saturated heterocycles. The first-order chi connectivity index (χ1) is 17.2. The summed E-state index contributed by atoms with van der Waals surface area (Å²) in [6.07, 6.45) is 12.1. The van der Waals surface area contributed by atoms with Gasteiger partial charge < -0.3 is 4.57 Å². The molecule has 2 aromatic carbocycles. The van der Waals surface area contributed by atoms with Gasteiger partial charge in [-0.3, -0.25) is 4.98 Å². The lowest BCUT2D eigenvalue weighted by Gasteiger charge is -2.42. The Labute approximate surface area is 220 Å². The summed E-state index contributed by atoms with van der Waals surface area (Å²) < 4.78 is 2.48. The molecular weight excluding hydrogens is 460 g/mol. The number of rotatable bonds is 3. The van der Waals surface area contributed by atoms with E-state index in [4.69, 9.17) is 11.6 Å². The molecule has 2 aliphatic rings. The zero-order valence-corrected chi connectivity index (χ0v) is 22.6. The zero-order chi connectivity index (χ0) is 25.1. The molecule has 3 heteroatoms. The minimum Gasteiger partial charge on any atom is -0.342 e. The van der Waals surface area contributed by atoms with Gasteiger partial charge in [0, 0.05) is 41.3 Å². The third-order valence-corrected chi connectivity index (χ3v) is 8.87. The molecule has 2 nitrogen and oxygen atoms in total. The van der Waals surface area contributed by atoms with Crippen molar-refractivity contribution in [2.75, 3.05) is 0 Å². The maximum atomic E-state index is 6.25. The Morgan fingerprint density at radius 1 is 0.889 bits per heavy atom. The smallest absolute Gasteiger partial charge is 0.0525 e. The highest BCUT2D eigenvalue weighted by molar-refractivity contribution is 6.30. The van der Waals surface area contributed by atoms with E-state index in [0.29, 0.717) is 0 Å². The van der Waals surface area contributed by atoms with E-state index in [1.807, 2.05) is 30.6 Å². The molecule has 0 unspecified atom stereocenters. The Kier molecular flexibility index (Phi) is 5.64. The fraction of sp³-hybridized carbons (Fsp3) is 0.364. The van der Waals surface area contributed by atoms with Gasteiger partial charge in [-0.15, -0.1) is 0 Å². The highest BCUT2D eigenvalue weighted by Crippen LogP contribution is 2.49. The van der Waals surface area contributed by atoms with Crippen molar-refractivity contribution in [3.05, 3.63) is 100.0 Å². The molecule has 0 aliphatic heterocycles. The van der Waals surface area contributed by atoms with Crippen LogP contribution in [0.1, 0.15) is 74.8 Å². The van der Waals surface area contributed by atoms with Gasteiger partial charge in [-0.1, -0.05) is 63.6 Å². The third kappa shape index (κ3) is 4.00. The average molecular weight is 495 g/mol. The van der Waals surface area contributed by atoms with Gasteiger partial charge in [0.25, 0.3) is 0 Å². The van der Waals surface area contributed by atoms with E-state index in [1.165, 1.54) is 63.9 Å². The molecule has 4 aromatic rings. The monoisotopic (exact) mass is 494 g/mol. The maximum Gasteiger partial charge on any atom is 0.0525 e. The predicted octanol–water partition coefficient (Wildman–Crippen LogP) is 8.76. The predicted molar refractivity (Wildman–Crippen MR) is 151 cm³/mol. The highest BCUT2D eigenvalue weighted by Gasteiger charge is 2.38. The lowest BCUT2D eigenvalue weighted by atomic mass is 9.62. The van der Waals surface area contributed by atoms with E-state index >= 15 is 0 Å². The molecule has 36 heavy (non-hydrogen) atoms. The second kappa shape index (κ2) is 8.63. The van der Waals surface area contributed by atoms with Gasteiger partial charge in [-0.05, 0) is 101 Å². The molecule has 0 atom stereocenters. The number of hydrogen-bond acceptors (Lipinski definition) is 1. The normalized spacial score (nSPS) is 17.6. The lowest BCUT2D eigenvalue weighted by Crippen LogP contribution is -2.34. The number of pyridine rings is 1. The van der Waals surface area contributed by atoms with Crippen LogP contribution in [0.3, 0.4) is 0 Å². The van der Waals surface area contributed by atoms with Gasteiger partial charge in [-0.25, -0.2) is 0 Å². The molecule has 0 amide bonds. The van der Waals surface area contributed by atoms with Crippen molar-refractivity contribution in [2.45, 2.75) is 77.2 Å². The van der Waals surface area contributed by atoms with Crippen molar-refractivity contribution in [1.82, 2.24) is 9.55 Å². The lowest BCUT2D eigenvalue weighted by molar-refractivity contribution is 0.331. The van der Waals surface area contributed by atoms with Crippen molar-refractivity contribution in [3.8, 4) is 22.4 Å². The third-order valence-electron chi connectivity index (χ3n) is 8.62. The molecule has 0 radical (unpaired) electrons. The average Bonchev–Trinajstić information content (AvgIpc) is 3.09. The first-order valence-electron chi connectivity index (χ1n) is 13.3. The Bertz CT molecular complexity index is 1430. The molecule has 0 fully saturated rings. The van der Waals surface area contributed by atoms with E-state index in [-0.39, 0.29) is 10.8 Å². The zero-order valence-electron chi connectivity index (χ0n) is 21.9. The van der Waals surface area contributed by atoms with Gasteiger partial charge in [0.2, 0.25) is 0 Å². The summed E-state index contributed by atoms with van der Waals surface area (Å²) in [5, 5.41) is 0.779. The SMILES string of the molecule is CC1(C)CCC(C)(C)c2cc3c(cc21)CCCc1c(-c2ccc(Cl)cc2)cn(Cc2cccnc2)c1-3. The molecule has 0 N–H and O–H groups in total. The first kappa shape index (κ1) is 23.6. The number of aromatic nitrogens is 2. The van der Waals surface area contributed by atoms with Gasteiger partial charge in [0.15, 0.2) is 0 Å². The molecular formula is C33H35ClN2. The van der Waals surface area contributed by atoms with Crippen LogP contribution in [0.4, 0.5) is 0 Å². The second-order valence-electron chi connectivity index (χ2n) is 12.0. The molecule has 6 rings (SSSR count). The van der Waals surface area contributed by atoms with Gasteiger partial charge in [0.1, 0.15) is 0 Å². The maximum absolute atomic E-state index is 6.25. The standard InChI is InChI=1S/C33H35ClN2/c1-32(2)14-15-33(3,4)30-18-27-24(17-29(30)32)8-5-9-26-28(23-10-12-25(34)13-11-23)21-36(31(26)27)20-22-7-6-16-35-19-22/h6-7,10-13,16-19,21H,5,8-9,14-15,20H2,1-4H3. The molecule has 0 bridgehead atoms. The quantitative estimate of drug-likeness (QED) is 0.278. The van der Waals surface area contributed by atoms with Crippen LogP contribution in [0, 0.1) is 0 Å². The van der Waals surface area contributed by atoms with Crippen molar-refractivity contribution >= 4 is 11.6 Å². The molecule has 0 spiro atoms. The van der Waals surface area contributed by atoms with Crippen molar-refractivity contribution in [3.63, 3.8) is 0 Å². The highest BCUT2D eigenvalue weighted by atomic mass is 35.5. The van der Waals surface area contributed by atoms with Crippen LogP contribution >= 0.6 is 11.6 Å². The van der Waals surface area contributed by atoms with E-state index in [0.717, 1.165) is 24.4 Å². The Morgan fingerprint density at radius 3 is 2.31 bits per heavy atom. The Hall–Kier alpha value is -2.84. The fourth-order valence-electron chi connectivity index (χ4n) is 6.40. The summed E-state index contributed by atoms with van der Waals surface area (Å²) in [6.45, 7) is 10.5. The summed E-state index contributed by atoms with van der Waals surface area (Å²) in [5.74, 6) is 0. The number of fused-ring (bicyclic) bond motifs is 4. The topological polar surface area (TPSA) is 17.8 Å². The largest absolute Gasteiger partial charge is 0.342 e. The number of hydrogen-bond donors (Lipinski definition) is 0. The van der Waals surface area contributed by atoms with Crippen LogP contribution in [-0.4, -0.2) is 9.55 Å². The Morgan fingerprint density at radius 2 is 1.61 bits per heavy atom. The molecule has 2 aromatic heterocycles. The van der Waals surface area contributed by atoms with Crippen LogP contribution in [0.2, 0.25) is 5.02 Å². The van der Waals surface area contributed by atoms with Crippen molar-refractivity contribution < 1.29 is 0 Å². The minimum atomic E-state index is 0.187. The summed E-state index contributed by atoms with van der Waals surface area (Å²) in [4.78, 5) is 4.40. The van der Waals surface area contributed by atoms with Crippen LogP contribution in [0.5, 0.6) is 0 Å². The van der Waals surface area contributed by atoms with Crippen LogP contribution < -0.4 is 0 Å². The van der Waals surface area contributed by atoms with E-state index in [2.05, 4.69) is 73.8 Å². The second-order valence-corrected chi connectivity index (χ2v) is 12.5. The van der Waals surface area contributed by atoms with E-state index < -0.39 is 0 Å². The Balaban J connectivity index is 1.60. The number of nitrogens with zero attached hydrogens (tertiary/aromatic N) is 2. The van der Waals surface area contributed by atoms with E-state index in [1.54, 1.807) is 5.56 Å². The van der Waals surface area contributed by atoms with Crippen molar-refractivity contribution in [2.24, 2.45) is 0 Å². The first-order valence-corrected chi connectivity index (χ1v) is 13.7.